The average Bonchev–Trinajstić information content (AvgIpc) is 2.68. The van der Waals surface area contributed by atoms with Crippen molar-refractivity contribution in [2.45, 2.75) is 0 Å². The average molecular weight is 429 g/mol. The number of aromatic carboxylic acids is 1. The number of hydrogen-bond acceptors (Lipinski definition) is 3. The Labute approximate surface area is 175 Å². The molecule has 8 heteroatoms. The van der Waals surface area contributed by atoms with Crippen molar-refractivity contribution in [2.75, 3.05) is 5.32 Å². The van der Waals surface area contributed by atoms with Crippen LogP contribution in [0.3, 0.4) is 0 Å². The van der Waals surface area contributed by atoms with E-state index in [9.17, 15) is 14.4 Å². The predicted molar refractivity (Wildman–Crippen MR) is 112 cm³/mol. The summed E-state index contributed by atoms with van der Waals surface area (Å²) in [6.45, 7) is 0. The Morgan fingerprint density at radius 2 is 1.59 bits per heavy atom. The Morgan fingerprint density at radius 3 is 2.24 bits per heavy atom. The zero-order valence-corrected chi connectivity index (χ0v) is 16.3. The molecule has 3 aromatic rings. The lowest BCUT2D eigenvalue weighted by atomic mass is 10.0. The van der Waals surface area contributed by atoms with Crippen molar-refractivity contribution in [1.29, 1.82) is 0 Å². The van der Waals surface area contributed by atoms with E-state index in [1.165, 1.54) is 12.1 Å². The molecule has 29 heavy (non-hydrogen) atoms. The fourth-order valence-corrected chi connectivity index (χ4v) is 3.31. The van der Waals surface area contributed by atoms with Crippen LogP contribution in [-0.2, 0) is 0 Å². The van der Waals surface area contributed by atoms with Crippen molar-refractivity contribution in [3.63, 3.8) is 0 Å². The van der Waals surface area contributed by atoms with Crippen LogP contribution in [0.2, 0.25) is 10.0 Å². The molecule has 0 aliphatic heterocycles. The van der Waals surface area contributed by atoms with Crippen molar-refractivity contribution in [1.82, 2.24) is 0 Å². The number of halogens is 2. The third-order valence-corrected chi connectivity index (χ3v) is 4.72. The van der Waals surface area contributed by atoms with Crippen LogP contribution in [0, 0.1) is 0 Å². The molecule has 0 spiro atoms. The highest BCUT2D eigenvalue weighted by molar-refractivity contribution is 6.36. The molecular formula is C21H14Cl2N2O4. The SMILES string of the molecule is NC(=O)c1cc(C(=O)O)ccc1C(=O)Nc1ccccc1-c1ccc(Cl)cc1Cl. The van der Waals surface area contributed by atoms with Gasteiger partial charge in [0.05, 0.1) is 16.7 Å². The number of carbonyl (C=O) groups excluding carboxylic acids is 2. The maximum Gasteiger partial charge on any atom is 0.335 e. The number of nitrogens with one attached hydrogen (secondary N) is 1. The van der Waals surface area contributed by atoms with Crippen molar-refractivity contribution >= 4 is 46.7 Å². The van der Waals surface area contributed by atoms with Gasteiger partial charge in [-0.15, -0.1) is 0 Å². The summed E-state index contributed by atoms with van der Waals surface area (Å²) in [5, 5.41) is 12.7. The van der Waals surface area contributed by atoms with Crippen LogP contribution >= 0.6 is 23.2 Å². The van der Waals surface area contributed by atoms with E-state index >= 15 is 0 Å². The molecule has 0 aromatic heterocycles. The number of amides is 2. The normalized spacial score (nSPS) is 10.4. The quantitative estimate of drug-likeness (QED) is 0.546. The monoisotopic (exact) mass is 428 g/mol. The first-order valence-corrected chi connectivity index (χ1v) is 9.06. The molecule has 0 saturated carbocycles. The van der Waals surface area contributed by atoms with Crippen molar-refractivity contribution < 1.29 is 19.5 Å². The molecule has 146 valence electrons. The number of carboxylic acids is 1. The van der Waals surface area contributed by atoms with E-state index in [2.05, 4.69) is 5.32 Å². The minimum Gasteiger partial charge on any atom is -0.478 e. The standard InChI is InChI=1S/C21H14Cl2N2O4/c22-12-6-8-13(17(23)10-12)14-3-1-2-4-18(14)25-20(27)15-7-5-11(21(28)29)9-16(15)19(24)26/h1-10H,(H2,24,26)(H,25,27)(H,28,29). The van der Waals surface area contributed by atoms with E-state index in [-0.39, 0.29) is 16.7 Å². The van der Waals surface area contributed by atoms with Crippen LogP contribution in [0.5, 0.6) is 0 Å². The second-order valence-corrected chi connectivity index (χ2v) is 6.90. The van der Waals surface area contributed by atoms with Crippen molar-refractivity contribution in [3.8, 4) is 11.1 Å². The van der Waals surface area contributed by atoms with Gasteiger partial charge in [0.25, 0.3) is 5.91 Å². The summed E-state index contributed by atoms with van der Waals surface area (Å²) in [6.07, 6.45) is 0. The summed E-state index contributed by atoms with van der Waals surface area (Å²) in [6, 6.07) is 15.5. The number of anilines is 1. The Balaban J connectivity index is 2.01. The molecular weight excluding hydrogens is 415 g/mol. The molecule has 0 heterocycles. The highest BCUT2D eigenvalue weighted by Gasteiger charge is 2.19. The minimum absolute atomic E-state index is 0.0421. The Bertz CT molecular complexity index is 1150. The second-order valence-electron chi connectivity index (χ2n) is 6.05. The molecule has 0 saturated heterocycles. The largest absolute Gasteiger partial charge is 0.478 e. The number of hydrogen-bond donors (Lipinski definition) is 3. The van der Waals surface area contributed by atoms with E-state index in [1.54, 1.807) is 42.5 Å². The molecule has 0 unspecified atom stereocenters. The van der Waals surface area contributed by atoms with Gasteiger partial charge in [0.1, 0.15) is 0 Å². The molecule has 2 amide bonds. The lowest BCUT2D eigenvalue weighted by molar-refractivity contribution is 0.0696. The maximum absolute atomic E-state index is 12.8. The van der Waals surface area contributed by atoms with E-state index in [4.69, 9.17) is 34.0 Å². The van der Waals surface area contributed by atoms with Crippen molar-refractivity contribution in [3.05, 3.63) is 87.4 Å². The summed E-state index contributed by atoms with van der Waals surface area (Å²) < 4.78 is 0. The number of primary amides is 1. The number of carbonyl (C=O) groups is 3. The van der Waals surface area contributed by atoms with Gasteiger partial charge in [0.2, 0.25) is 5.91 Å². The summed E-state index contributed by atoms with van der Waals surface area (Å²) in [7, 11) is 0. The third-order valence-electron chi connectivity index (χ3n) is 4.17. The summed E-state index contributed by atoms with van der Waals surface area (Å²) in [5.74, 6) is -2.76. The van der Waals surface area contributed by atoms with Gasteiger partial charge in [-0.2, -0.15) is 0 Å². The second kappa shape index (κ2) is 8.34. The van der Waals surface area contributed by atoms with Crippen LogP contribution < -0.4 is 11.1 Å². The maximum atomic E-state index is 12.8. The highest BCUT2D eigenvalue weighted by Crippen LogP contribution is 2.35. The topological polar surface area (TPSA) is 109 Å². The van der Waals surface area contributed by atoms with Crippen LogP contribution in [-0.4, -0.2) is 22.9 Å². The first-order valence-electron chi connectivity index (χ1n) is 8.31. The van der Waals surface area contributed by atoms with Crippen LogP contribution in [0.25, 0.3) is 11.1 Å². The van der Waals surface area contributed by atoms with Gasteiger partial charge in [0.15, 0.2) is 0 Å². The summed E-state index contributed by atoms with van der Waals surface area (Å²) >= 11 is 12.2. The number of benzene rings is 3. The molecule has 0 fully saturated rings. The van der Waals surface area contributed by atoms with Gasteiger partial charge >= 0.3 is 5.97 Å². The minimum atomic E-state index is -1.23. The molecule has 0 radical (unpaired) electrons. The smallest absolute Gasteiger partial charge is 0.335 e. The number of nitrogens with two attached hydrogens (primary N) is 1. The Morgan fingerprint density at radius 1 is 0.862 bits per heavy atom. The Kier molecular flexibility index (Phi) is 5.87. The molecule has 6 nitrogen and oxygen atoms in total. The molecule has 3 aromatic carbocycles. The van der Waals surface area contributed by atoms with Gasteiger partial charge in [0, 0.05) is 26.9 Å². The molecule has 0 atom stereocenters. The molecule has 0 aliphatic rings. The molecule has 3 rings (SSSR count). The van der Waals surface area contributed by atoms with Crippen LogP contribution in [0.15, 0.2) is 60.7 Å². The Hall–Kier alpha value is -3.35. The first kappa shape index (κ1) is 20.4. The van der Waals surface area contributed by atoms with Crippen LogP contribution in [0.1, 0.15) is 31.1 Å². The fraction of sp³-hybridized carbons (Fsp3) is 0. The van der Waals surface area contributed by atoms with Gasteiger partial charge in [-0.25, -0.2) is 4.79 Å². The number of carboxylic acid groups (broad SMARTS) is 1. The van der Waals surface area contributed by atoms with E-state index in [0.29, 0.717) is 26.9 Å². The number of rotatable bonds is 5. The fourth-order valence-electron chi connectivity index (χ4n) is 2.80. The first-order chi connectivity index (χ1) is 13.8. The van der Waals surface area contributed by atoms with Gasteiger partial charge in [-0.3, -0.25) is 9.59 Å². The highest BCUT2D eigenvalue weighted by atomic mass is 35.5. The number of para-hydroxylation sites is 1. The summed E-state index contributed by atoms with van der Waals surface area (Å²) in [4.78, 5) is 35.7. The van der Waals surface area contributed by atoms with Gasteiger partial charge < -0.3 is 16.2 Å². The zero-order chi connectivity index (χ0) is 21.1. The van der Waals surface area contributed by atoms with E-state index in [1.807, 2.05) is 0 Å². The third kappa shape index (κ3) is 4.39. The predicted octanol–water partition coefficient (Wildman–Crippen LogP) is 4.71. The van der Waals surface area contributed by atoms with Gasteiger partial charge in [-0.1, -0.05) is 47.5 Å². The molecule has 0 bridgehead atoms. The van der Waals surface area contributed by atoms with E-state index < -0.39 is 17.8 Å². The molecule has 0 aliphatic carbocycles. The molecule has 4 N–H and O–H groups in total. The summed E-state index contributed by atoms with van der Waals surface area (Å²) in [5.41, 5.74) is 6.69. The zero-order valence-electron chi connectivity index (χ0n) is 14.8. The van der Waals surface area contributed by atoms with Gasteiger partial charge in [-0.05, 0) is 36.4 Å². The lowest BCUT2D eigenvalue weighted by Gasteiger charge is -2.14. The lowest BCUT2D eigenvalue weighted by Crippen LogP contribution is -2.21. The van der Waals surface area contributed by atoms with Crippen LogP contribution in [0.4, 0.5) is 5.69 Å². The van der Waals surface area contributed by atoms with E-state index in [0.717, 1.165) is 6.07 Å². The van der Waals surface area contributed by atoms with Crippen molar-refractivity contribution in [2.24, 2.45) is 5.73 Å².